The van der Waals surface area contributed by atoms with Gasteiger partial charge in [0.25, 0.3) is 0 Å². The maximum absolute atomic E-state index is 8.78. The number of aliphatic hydroxyl groups is 1. The molecule has 6 nitrogen and oxygen atoms in total. The van der Waals surface area contributed by atoms with Crippen molar-refractivity contribution in [3.8, 4) is 0 Å². The number of aliphatic hydroxyl groups excluding tert-OH is 1. The van der Waals surface area contributed by atoms with E-state index >= 15 is 0 Å². The Morgan fingerprint density at radius 3 is 3.00 bits per heavy atom. The minimum Gasteiger partial charge on any atom is -0.465 e. The van der Waals surface area contributed by atoms with E-state index in [-0.39, 0.29) is 12.6 Å². The molecule has 0 saturated carbocycles. The minimum absolute atomic E-state index is 0.0678. The molecule has 98 valence electrons. The molecule has 2 rings (SSSR count). The number of hydrogen-bond acceptors (Lipinski definition) is 5. The fourth-order valence-electron chi connectivity index (χ4n) is 1.68. The molecule has 0 bridgehead atoms. The van der Waals surface area contributed by atoms with Gasteiger partial charge in [-0.15, -0.1) is 5.10 Å². The highest BCUT2D eigenvalue weighted by Crippen LogP contribution is 2.15. The normalized spacial score (nSPS) is 12.8. The van der Waals surface area contributed by atoms with Crippen LogP contribution >= 0.6 is 0 Å². The van der Waals surface area contributed by atoms with Crippen molar-refractivity contribution >= 4 is 0 Å². The molecule has 1 unspecified atom stereocenters. The Kier molecular flexibility index (Phi) is 4.11. The molecule has 0 amide bonds. The van der Waals surface area contributed by atoms with Crippen molar-refractivity contribution in [2.45, 2.75) is 33.0 Å². The molecule has 18 heavy (non-hydrogen) atoms. The fraction of sp³-hybridized carbons (Fsp3) is 0.500. The molecule has 0 saturated heterocycles. The summed E-state index contributed by atoms with van der Waals surface area (Å²) >= 11 is 0. The van der Waals surface area contributed by atoms with Gasteiger partial charge in [-0.1, -0.05) is 5.21 Å². The third kappa shape index (κ3) is 3.18. The maximum Gasteiger partial charge on any atom is 0.120 e. The second-order valence-corrected chi connectivity index (χ2v) is 4.25. The molecule has 0 radical (unpaired) electrons. The lowest BCUT2D eigenvalue weighted by Gasteiger charge is -2.09. The highest BCUT2D eigenvalue weighted by Gasteiger charge is 2.09. The van der Waals surface area contributed by atoms with E-state index in [9.17, 15) is 0 Å². The molecule has 2 heterocycles. The Morgan fingerprint density at radius 1 is 1.50 bits per heavy atom. The second-order valence-electron chi connectivity index (χ2n) is 4.25. The fourth-order valence-corrected chi connectivity index (χ4v) is 1.68. The summed E-state index contributed by atoms with van der Waals surface area (Å²) in [5.74, 6) is 1.82. The third-order valence-corrected chi connectivity index (χ3v) is 2.69. The number of furan rings is 1. The number of nitrogens with zero attached hydrogens (tertiary/aromatic N) is 3. The van der Waals surface area contributed by atoms with Crippen LogP contribution in [0.4, 0.5) is 0 Å². The third-order valence-electron chi connectivity index (χ3n) is 2.69. The monoisotopic (exact) mass is 250 g/mol. The first kappa shape index (κ1) is 12.8. The Balaban J connectivity index is 1.86. The number of nitrogens with one attached hydrogen (secondary N) is 1. The number of rotatable bonds is 6. The van der Waals surface area contributed by atoms with Crippen LogP contribution in [0.2, 0.25) is 0 Å². The molecule has 2 aromatic rings. The first-order chi connectivity index (χ1) is 8.69. The summed E-state index contributed by atoms with van der Waals surface area (Å²) in [5.41, 5.74) is 0.846. The molecule has 0 aliphatic carbocycles. The first-order valence-electron chi connectivity index (χ1n) is 5.98. The van der Waals surface area contributed by atoms with E-state index in [1.807, 2.05) is 32.2 Å². The Hall–Kier alpha value is -1.66. The van der Waals surface area contributed by atoms with Crippen LogP contribution in [-0.4, -0.2) is 26.7 Å². The number of aromatic nitrogens is 3. The molecule has 0 aliphatic heterocycles. The topological polar surface area (TPSA) is 76.1 Å². The smallest absolute Gasteiger partial charge is 0.120 e. The summed E-state index contributed by atoms with van der Waals surface area (Å²) in [6, 6.07) is 4.04. The molecule has 2 N–H and O–H groups in total. The summed E-state index contributed by atoms with van der Waals surface area (Å²) in [6.07, 6.45) is 1.82. The second kappa shape index (κ2) is 5.79. The van der Waals surface area contributed by atoms with Crippen LogP contribution in [-0.2, 0) is 13.1 Å². The number of hydrogen-bond donors (Lipinski definition) is 2. The standard InChI is InChI=1S/C12H18N4O2/c1-9-3-4-12(18-9)10(2)13-7-11-8-16(5-6-17)15-14-11/h3-4,8,10,13,17H,5-7H2,1-2H3. The van der Waals surface area contributed by atoms with E-state index in [0.29, 0.717) is 13.1 Å². The van der Waals surface area contributed by atoms with Gasteiger partial charge in [-0.3, -0.25) is 0 Å². The lowest BCUT2D eigenvalue weighted by Crippen LogP contribution is -2.17. The highest BCUT2D eigenvalue weighted by atomic mass is 16.3. The van der Waals surface area contributed by atoms with E-state index < -0.39 is 0 Å². The Morgan fingerprint density at radius 2 is 2.33 bits per heavy atom. The Labute approximate surface area is 106 Å². The quantitative estimate of drug-likeness (QED) is 0.800. The molecule has 6 heteroatoms. The summed E-state index contributed by atoms with van der Waals surface area (Å²) in [7, 11) is 0. The maximum atomic E-state index is 8.78. The zero-order chi connectivity index (χ0) is 13.0. The Bertz CT molecular complexity index is 492. The molecule has 2 aromatic heterocycles. The van der Waals surface area contributed by atoms with Crippen LogP contribution in [0.1, 0.15) is 30.2 Å². The molecule has 0 aromatic carbocycles. The predicted octanol–water partition coefficient (Wildman–Crippen LogP) is 1.02. The van der Waals surface area contributed by atoms with Crippen LogP contribution in [0.5, 0.6) is 0 Å². The van der Waals surface area contributed by atoms with Crippen molar-refractivity contribution in [2.75, 3.05) is 6.61 Å². The molecular formula is C12H18N4O2. The van der Waals surface area contributed by atoms with Gasteiger partial charge in [0.2, 0.25) is 0 Å². The molecule has 0 spiro atoms. The van der Waals surface area contributed by atoms with Crippen molar-refractivity contribution in [1.82, 2.24) is 20.3 Å². The lowest BCUT2D eigenvalue weighted by molar-refractivity contribution is 0.268. The number of aryl methyl sites for hydroxylation is 1. The SMILES string of the molecule is Cc1ccc(C(C)NCc2cn(CCO)nn2)o1. The first-order valence-corrected chi connectivity index (χ1v) is 5.98. The summed E-state index contributed by atoms with van der Waals surface area (Å²) < 4.78 is 7.16. The molecule has 0 aliphatic rings. The van der Waals surface area contributed by atoms with E-state index in [1.54, 1.807) is 4.68 Å². The zero-order valence-corrected chi connectivity index (χ0v) is 10.6. The minimum atomic E-state index is 0.0678. The van der Waals surface area contributed by atoms with E-state index in [1.165, 1.54) is 0 Å². The van der Waals surface area contributed by atoms with Crippen LogP contribution < -0.4 is 5.32 Å². The van der Waals surface area contributed by atoms with E-state index in [4.69, 9.17) is 9.52 Å². The van der Waals surface area contributed by atoms with Gasteiger partial charge in [0, 0.05) is 12.7 Å². The largest absolute Gasteiger partial charge is 0.465 e. The lowest BCUT2D eigenvalue weighted by atomic mass is 10.2. The summed E-state index contributed by atoms with van der Waals surface area (Å²) in [6.45, 7) is 5.12. The average Bonchev–Trinajstić information content (AvgIpc) is 2.96. The van der Waals surface area contributed by atoms with Crippen molar-refractivity contribution in [3.63, 3.8) is 0 Å². The van der Waals surface area contributed by atoms with Gasteiger partial charge in [0.15, 0.2) is 0 Å². The summed E-state index contributed by atoms with van der Waals surface area (Å²) in [4.78, 5) is 0. The van der Waals surface area contributed by atoms with Gasteiger partial charge < -0.3 is 14.8 Å². The van der Waals surface area contributed by atoms with E-state index in [2.05, 4.69) is 15.6 Å². The van der Waals surface area contributed by atoms with Crippen LogP contribution in [0.25, 0.3) is 0 Å². The highest BCUT2D eigenvalue weighted by molar-refractivity contribution is 5.09. The van der Waals surface area contributed by atoms with Crippen molar-refractivity contribution < 1.29 is 9.52 Å². The van der Waals surface area contributed by atoms with Gasteiger partial charge in [-0.05, 0) is 26.0 Å². The van der Waals surface area contributed by atoms with Crippen molar-refractivity contribution in [1.29, 1.82) is 0 Å². The van der Waals surface area contributed by atoms with Crippen LogP contribution in [0.3, 0.4) is 0 Å². The van der Waals surface area contributed by atoms with Gasteiger partial charge in [0.1, 0.15) is 11.5 Å². The van der Waals surface area contributed by atoms with Gasteiger partial charge in [-0.25, -0.2) is 4.68 Å². The predicted molar refractivity (Wildman–Crippen MR) is 65.8 cm³/mol. The zero-order valence-electron chi connectivity index (χ0n) is 10.6. The van der Waals surface area contributed by atoms with Gasteiger partial charge >= 0.3 is 0 Å². The molecule has 0 fully saturated rings. The summed E-state index contributed by atoms with van der Waals surface area (Å²) in [5, 5.41) is 20.0. The van der Waals surface area contributed by atoms with Gasteiger partial charge in [-0.2, -0.15) is 0 Å². The van der Waals surface area contributed by atoms with E-state index in [0.717, 1.165) is 17.2 Å². The average molecular weight is 250 g/mol. The molecule has 1 atom stereocenters. The van der Waals surface area contributed by atoms with Crippen molar-refractivity contribution in [2.24, 2.45) is 0 Å². The van der Waals surface area contributed by atoms with Crippen LogP contribution in [0.15, 0.2) is 22.7 Å². The van der Waals surface area contributed by atoms with Gasteiger partial charge in [0.05, 0.1) is 24.9 Å². The van der Waals surface area contributed by atoms with Crippen LogP contribution in [0, 0.1) is 6.92 Å². The van der Waals surface area contributed by atoms with Crippen molar-refractivity contribution in [3.05, 3.63) is 35.5 Å². The molecular weight excluding hydrogens is 232 g/mol.